The number of carbonyl (C=O) groups excluding carboxylic acids is 1. The molecule has 0 saturated carbocycles. The molecule has 2 heterocycles. The van der Waals surface area contributed by atoms with E-state index in [1.807, 2.05) is 11.4 Å². The largest absolute Gasteiger partial charge is 0.383 e. The van der Waals surface area contributed by atoms with Crippen LogP contribution in [0.1, 0.15) is 4.88 Å². The van der Waals surface area contributed by atoms with Gasteiger partial charge in [-0.1, -0.05) is 0 Å². The molecule has 0 fully saturated rings. The van der Waals surface area contributed by atoms with Crippen LogP contribution in [0.25, 0.3) is 10.6 Å². The third kappa shape index (κ3) is 4.38. The van der Waals surface area contributed by atoms with E-state index in [4.69, 9.17) is 4.74 Å². The van der Waals surface area contributed by atoms with E-state index in [2.05, 4.69) is 28.6 Å². The Morgan fingerprint density at radius 2 is 2.30 bits per heavy atom. The summed E-state index contributed by atoms with van der Waals surface area (Å²) in [6, 6.07) is 4.12. The summed E-state index contributed by atoms with van der Waals surface area (Å²) in [6.45, 7) is 3.57. The number of nitrogens with one attached hydrogen (secondary N) is 2. The number of nitrogens with zero attached hydrogens (tertiary/aromatic N) is 1. The number of hydrogen-bond acceptors (Lipinski definition) is 6. The number of anilines is 1. The number of thiazole rings is 1. The fourth-order valence-corrected chi connectivity index (χ4v) is 3.19. The van der Waals surface area contributed by atoms with Crippen molar-refractivity contribution in [2.75, 3.05) is 32.1 Å². The Hall–Kier alpha value is -1.28. The smallest absolute Gasteiger partial charge is 0.240 e. The predicted octanol–water partition coefficient (Wildman–Crippen LogP) is 2.35. The van der Waals surface area contributed by atoms with Crippen LogP contribution in [-0.4, -0.2) is 37.7 Å². The maximum Gasteiger partial charge on any atom is 0.240 e. The first kappa shape index (κ1) is 15.1. The number of rotatable bonds is 7. The van der Waals surface area contributed by atoms with Crippen molar-refractivity contribution in [2.24, 2.45) is 0 Å². The molecule has 2 aromatic heterocycles. The number of thiophene rings is 1. The second kappa shape index (κ2) is 7.49. The lowest BCUT2D eigenvalue weighted by atomic mass is 10.4. The zero-order chi connectivity index (χ0) is 14.4. The highest BCUT2D eigenvalue weighted by molar-refractivity contribution is 7.17. The maximum absolute atomic E-state index is 11.7. The monoisotopic (exact) mass is 311 g/mol. The zero-order valence-corrected chi connectivity index (χ0v) is 13.1. The van der Waals surface area contributed by atoms with Gasteiger partial charge in [0.25, 0.3) is 0 Å². The average molecular weight is 311 g/mol. The van der Waals surface area contributed by atoms with Gasteiger partial charge in [-0.25, -0.2) is 4.98 Å². The number of methoxy groups -OCH3 is 1. The molecule has 0 bridgehead atoms. The van der Waals surface area contributed by atoms with Gasteiger partial charge in [-0.05, 0) is 19.1 Å². The molecule has 0 radical (unpaired) electrons. The van der Waals surface area contributed by atoms with Crippen molar-refractivity contribution in [3.05, 3.63) is 22.4 Å². The van der Waals surface area contributed by atoms with Crippen molar-refractivity contribution in [1.29, 1.82) is 0 Å². The van der Waals surface area contributed by atoms with Gasteiger partial charge in [-0.15, -0.1) is 22.7 Å². The molecule has 108 valence electrons. The van der Waals surface area contributed by atoms with E-state index in [0.29, 0.717) is 18.3 Å². The minimum absolute atomic E-state index is 0.0932. The van der Waals surface area contributed by atoms with E-state index in [1.54, 1.807) is 18.4 Å². The second-order valence-electron chi connectivity index (χ2n) is 4.17. The van der Waals surface area contributed by atoms with Crippen molar-refractivity contribution < 1.29 is 9.53 Å². The number of hydrogen-bond donors (Lipinski definition) is 2. The van der Waals surface area contributed by atoms with Crippen LogP contribution in [0, 0.1) is 6.92 Å². The molecule has 0 saturated heterocycles. The predicted molar refractivity (Wildman–Crippen MR) is 83.5 cm³/mol. The van der Waals surface area contributed by atoms with Gasteiger partial charge < -0.3 is 15.4 Å². The molecule has 0 aliphatic carbocycles. The van der Waals surface area contributed by atoms with Crippen LogP contribution in [-0.2, 0) is 9.53 Å². The molecule has 2 N–H and O–H groups in total. The topological polar surface area (TPSA) is 63.2 Å². The van der Waals surface area contributed by atoms with E-state index in [-0.39, 0.29) is 12.5 Å². The van der Waals surface area contributed by atoms with E-state index < -0.39 is 0 Å². The van der Waals surface area contributed by atoms with Gasteiger partial charge in [0.15, 0.2) is 5.13 Å². The Morgan fingerprint density at radius 3 is 3.00 bits per heavy atom. The van der Waals surface area contributed by atoms with Crippen molar-refractivity contribution in [2.45, 2.75) is 6.92 Å². The van der Waals surface area contributed by atoms with Crippen LogP contribution in [0.5, 0.6) is 0 Å². The van der Waals surface area contributed by atoms with Crippen LogP contribution < -0.4 is 10.6 Å². The van der Waals surface area contributed by atoms with Gasteiger partial charge in [0.1, 0.15) is 0 Å². The number of aryl methyl sites for hydroxylation is 1. The van der Waals surface area contributed by atoms with Gasteiger partial charge >= 0.3 is 0 Å². The number of amides is 1. The molecular weight excluding hydrogens is 294 g/mol. The van der Waals surface area contributed by atoms with Crippen LogP contribution in [0.4, 0.5) is 5.13 Å². The first-order chi connectivity index (χ1) is 9.69. The first-order valence-electron chi connectivity index (χ1n) is 6.21. The summed E-state index contributed by atoms with van der Waals surface area (Å²) in [5.74, 6) is -0.0932. The van der Waals surface area contributed by atoms with Crippen molar-refractivity contribution >= 4 is 33.7 Å². The van der Waals surface area contributed by atoms with E-state index in [9.17, 15) is 4.79 Å². The van der Waals surface area contributed by atoms with Crippen molar-refractivity contribution in [3.63, 3.8) is 0 Å². The highest BCUT2D eigenvalue weighted by Crippen LogP contribution is 2.30. The fourth-order valence-electron chi connectivity index (χ4n) is 1.56. The Labute approximate surface area is 126 Å². The standard InChI is InChI=1S/C13H17N3O2S2/c1-9-3-4-11(20-9)10-8-19-13(15-10)16-12(17)7-14-5-6-18-2/h3-4,8,14H,5-7H2,1-2H3,(H,15,16,17). The van der Waals surface area contributed by atoms with Gasteiger partial charge in [-0.2, -0.15) is 0 Å². The maximum atomic E-state index is 11.7. The third-order valence-electron chi connectivity index (χ3n) is 2.51. The summed E-state index contributed by atoms with van der Waals surface area (Å²) < 4.78 is 4.89. The summed E-state index contributed by atoms with van der Waals surface area (Å²) in [5.41, 5.74) is 0.913. The molecular formula is C13H17N3O2S2. The highest BCUT2D eigenvalue weighted by Gasteiger charge is 2.09. The lowest BCUT2D eigenvalue weighted by Crippen LogP contribution is -2.30. The molecule has 5 nitrogen and oxygen atoms in total. The SMILES string of the molecule is COCCNCC(=O)Nc1nc(-c2ccc(C)s2)cs1. The lowest BCUT2D eigenvalue weighted by molar-refractivity contribution is -0.115. The molecule has 0 aliphatic rings. The normalized spacial score (nSPS) is 10.7. The second-order valence-corrected chi connectivity index (χ2v) is 6.31. The molecule has 0 spiro atoms. The summed E-state index contributed by atoms with van der Waals surface area (Å²) in [7, 11) is 1.63. The fraction of sp³-hybridized carbons (Fsp3) is 0.385. The summed E-state index contributed by atoms with van der Waals surface area (Å²) in [6.07, 6.45) is 0. The van der Waals surface area contributed by atoms with Crippen LogP contribution >= 0.6 is 22.7 Å². The van der Waals surface area contributed by atoms with Gasteiger partial charge in [-0.3, -0.25) is 4.79 Å². The third-order valence-corrected chi connectivity index (χ3v) is 4.29. The molecule has 1 amide bonds. The summed E-state index contributed by atoms with van der Waals surface area (Å²) in [5, 5.41) is 8.36. The number of aromatic nitrogens is 1. The van der Waals surface area contributed by atoms with Crippen molar-refractivity contribution in [1.82, 2.24) is 10.3 Å². The van der Waals surface area contributed by atoms with Crippen LogP contribution in [0.3, 0.4) is 0 Å². The van der Waals surface area contributed by atoms with E-state index in [1.165, 1.54) is 16.2 Å². The molecule has 20 heavy (non-hydrogen) atoms. The summed E-state index contributed by atoms with van der Waals surface area (Å²) in [4.78, 5) is 18.5. The quantitative estimate of drug-likeness (QED) is 0.771. The Morgan fingerprint density at radius 1 is 1.45 bits per heavy atom. The first-order valence-corrected chi connectivity index (χ1v) is 7.90. The Balaban J connectivity index is 1.85. The number of ether oxygens (including phenoxy) is 1. The Bertz CT molecular complexity index is 565. The van der Waals surface area contributed by atoms with E-state index in [0.717, 1.165) is 10.6 Å². The molecule has 2 rings (SSSR count). The van der Waals surface area contributed by atoms with Crippen molar-refractivity contribution in [3.8, 4) is 10.6 Å². The average Bonchev–Trinajstić information content (AvgIpc) is 3.04. The van der Waals surface area contributed by atoms with Gasteiger partial charge in [0, 0.05) is 23.9 Å². The Kier molecular flexibility index (Phi) is 5.66. The molecule has 2 aromatic rings. The molecule has 0 unspecified atom stereocenters. The zero-order valence-electron chi connectivity index (χ0n) is 11.4. The molecule has 7 heteroatoms. The highest BCUT2D eigenvalue weighted by atomic mass is 32.1. The lowest BCUT2D eigenvalue weighted by Gasteiger charge is -2.03. The van der Waals surface area contributed by atoms with Crippen LogP contribution in [0.15, 0.2) is 17.5 Å². The molecule has 0 aromatic carbocycles. The minimum Gasteiger partial charge on any atom is -0.383 e. The number of carbonyl (C=O) groups is 1. The van der Waals surface area contributed by atoms with Gasteiger partial charge in [0.05, 0.1) is 23.7 Å². The van der Waals surface area contributed by atoms with Crippen LogP contribution in [0.2, 0.25) is 0 Å². The van der Waals surface area contributed by atoms with E-state index >= 15 is 0 Å². The minimum atomic E-state index is -0.0932. The summed E-state index contributed by atoms with van der Waals surface area (Å²) >= 11 is 3.13. The molecule has 0 aliphatic heterocycles. The van der Waals surface area contributed by atoms with Gasteiger partial charge in [0.2, 0.25) is 5.91 Å². The molecule has 0 atom stereocenters.